The average Bonchev–Trinajstić information content (AvgIpc) is 2.48. The topological polar surface area (TPSA) is 75.3 Å². The lowest BCUT2D eigenvalue weighted by Crippen LogP contribution is -2.40. The van der Waals surface area contributed by atoms with Crippen molar-refractivity contribution in [3.63, 3.8) is 0 Å². The van der Waals surface area contributed by atoms with Crippen LogP contribution < -0.4 is 10.0 Å². The number of aryl methyl sites for hydroxylation is 1. The molecule has 0 saturated carbocycles. The first-order valence-electron chi connectivity index (χ1n) is 7.80. The molecule has 0 atom stereocenters. The highest BCUT2D eigenvalue weighted by Gasteiger charge is 2.24. The Morgan fingerprint density at radius 2 is 1.77 bits per heavy atom. The van der Waals surface area contributed by atoms with Crippen LogP contribution in [0.2, 0.25) is 0 Å². The molecular weight excluding hydrogens is 423 g/mol. The number of carbonyl (C=O) groups excluding carboxylic acids is 1. The molecule has 0 fully saturated rings. The van der Waals surface area contributed by atoms with Crippen LogP contribution in [0, 0.1) is 12.7 Å². The Labute approximate surface area is 161 Å². The van der Waals surface area contributed by atoms with E-state index < -0.39 is 27.3 Å². The molecule has 0 aliphatic heterocycles. The molecule has 0 aromatic heterocycles. The Kier molecular flexibility index (Phi) is 5.89. The third-order valence-electron chi connectivity index (χ3n) is 3.36. The number of rotatable bonds is 4. The van der Waals surface area contributed by atoms with Crippen LogP contribution in [0.4, 0.5) is 10.1 Å². The van der Waals surface area contributed by atoms with Crippen LogP contribution in [0.3, 0.4) is 0 Å². The fraction of sp³-hybridized carbons (Fsp3) is 0.278. The fourth-order valence-corrected chi connectivity index (χ4v) is 4.05. The largest absolute Gasteiger partial charge is 0.322 e. The molecule has 0 bridgehead atoms. The average molecular weight is 443 g/mol. The Morgan fingerprint density at radius 3 is 2.35 bits per heavy atom. The molecule has 2 aromatic carbocycles. The van der Waals surface area contributed by atoms with Crippen LogP contribution in [0.15, 0.2) is 45.8 Å². The SMILES string of the molecule is Cc1ccc(NC(=O)c2cc(S(=O)(=O)NC(C)(C)C)ccc2Br)cc1F. The van der Waals surface area contributed by atoms with Crippen molar-refractivity contribution in [3.05, 3.63) is 57.8 Å². The third-order valence-corrected chi connectivity index (χ3v) is 5.81. The summed E-state index contributed by atoms with van der Waals surface area (Å²) in [5.41, 5.74) is 0.215. The molecule has 140 valence electrons. The summed E-state index contributed by atoms with van der Waals surface area (Å²) in [5, 5.41) is 2.57. The third kappa shape index (κ3) is 5.12. The monoisotopic (exact) mass is 442 g/mol. The van der Waals surface area contributed by atoms with Crippen molar-refractivity contribution in [2.45, 2.75) is 38.1 Å². The standard InChI is InChI=1S/C18H20BrFN2O3S/c1-11-5-6-12(9-16(11)20)21-17(23)14-10-13(7-8-15(14)19)26(24,25)22-18(2,3)4/h5-10,22H,1-4H3,(H,21,23). The summed E-state index contributed by atoms with van der Waals surface area (Å²) in [6, 6.07) is 8.50. The molecule has 1 amide bonds. The van der Waals surface area contributed by atoms with Gasteiger partial charge in [0.05, 0.1) is 10.5 Å². The second-order valence-electron chi connectivity index (χ2n) is 6.92. The van der Waals surface area contributed by atoms with Crippen molar-refractivity contribution in [2.24, 2.45) is 0 Å². The highest BCUT2D eigenvalue weighted by molar-refractivity contribution is 9.10. The molecule has 2 rings (SSSR count). The van der Waals surface area contributed by atoms with Crippen LogP contribution >= 0.6 is 15.9 Å². The van der Waals surface area contributed by atoms with Gasteiger partial charge in [0.25, 0.3) is 5.91 Å². The molecule has 0 spiro atoms. The van der Waals surface area contributed by atoms with Crippen molar-refractivity contribution >= 4 is 37.5 Å². The quantitative estimate of drug-likeness (QED) is 0.743. The van der Waals surface area contributed by atoms with E-state index in [4.69, 9.17) is 0 Å². The zero-order chi connectivity index (χ0) is 19.7. The maximum absolute atomic E-state index is 13.6. The van der Waals surface area contributed by atoms with Crippen molar-refractivity contribution in [3.8, 4) is 0 Å². The van der Waals surface area contributed by atoms with Crippen LogP contribution in [0.1, 0.15) is 36.7 Å². The number of anilines is 1. The lowest BCUT2D eigenvalue weighted by Gasteiger charge is -2.20. The number of nitrogens with one attached hydrogen (secondary N) is 2. The second-order valence-corrected chi connectivity index (χ2v) is 9.45. The van der Waals surface area contributed by atoms with Gasteiger partial charge in [0, 0.05) is 15.7 Å². The summed E-state index contributed by atoms with van der Waals surface area (Å²) in [7, 11) is -3.79. The van der Waals surface area contributed by atoms with Crippen LogP contribution in [0.25, 0.3) is 0 Å². The molecule has 0 saturated heterocycles. The number of hydrogen-bond donors (Lipinski definition) is 2. The summed E-state index contributed by atoms with van der Waals surface area (Å²) in [5.74, 6) is -0.986. The van der Waals surface area contributed by atoms with Crippen LogP contribution in [-0.2, 0) is 10.0 Å². The highest BCUT2D eigenvalue weighted by atomic mass is 79.9. The smallest absolute Gasteiger partial charge is 0.256 e. The van der Waals surface area contributed by atoms with Gasteiger partial charge in [-0.15, -0.1) is 0 Å². The molecule has 2 N–H and O–H groups in total. The van der Waals surface area contributed by atoms with Gasteiger partial charge in [0.15, 0.2) is 0 Å². The number of amides is 1. The summed E-state index contributed by atoms with van der Waals surface area (Å²) in [6.45, 7) is 6.79. The van der Waals surface area contributed by atoms with Crippen molar-refractivity contribution < 1.29 is 17.6 Å². The zero-order valence-electron chi connectivity index (χ0n) is 14.9. The minimum atomic E-state index is -3.79. The maximum Gasteiger partial charge on any atom is 0.256 e. The van der Waals surface area contributed by atoms with Gasteiger partial charge in [-0.25, -0.2) is 17.5 Å². The molecule has 0 aliphatic carbocycles. The van der Waals surface area contributed by atoms with Gasteiger partial charge >= 0.3 is 0 Å². The molecule has 8 heteroatoms. The predicted octanol–water partition coefficient (Wildman–Crippen LogP) is 4.23. The summed E-state index contributed by atoms with van der Waals surface area (Å²) in [4.78, 5) is 12.5. The molecule has 0 radical (unpaired) electrons. The van der Waals surface area contributed by atoms with Gasteiger partial charge < -0.3 is 5.32 Å². The predicted molar refractivity (Wildman–Crippen MR) is 103 cm³/mol. The van der Waals surface area contributed by atoms with E-state index in [1.165, 1.54) is 24.3 Å². The van der Waals surface area contributed by atoms with E-state index in [1.807, 2.05) is 0 Å². The van der Waals surface area contributed by atoms with Gasteiger partial charge in [-0.3, -0.25) is 4.79 Å². The van der Waals surface area contributed by atoms with Gasteiger partial charge in [0.1, 0.15) is 5.82 Å². The summed E-state index contributed by atoms with van der Waals surface area (Å²) in [6.07, 6.45) is 0. The van der Waals surface area contributed by atoms with E-state index in [9.17, 15) is 17.6 Å². The minimum Gasteiger partial charge on any atom is -0.322 e. The van der Waals surface area contributed by atoms with E-state index in [0.29, 0.717) is 10.0 Å². The number of carbonyl (C=O) groups is 1. The fourth-order valence-electron chi connectivity index (χ4n) is 2.18. The molecule has 0 aliphatic rings. The van der Waals surface area contributed by atoms with Gasteiger partial charge in [-0.1, -0.05) is 6.07 Å². The van der Waals surface area contributed by atoms with Gasteiger partial charge in [0.2, 0.25) is 10.0 Å². The first-order chi connectivity index (χ1) is 11.9. The van der Waals surface area contributed by atoms with Gasteiger partial charge in [-0.05, 0) is 79.5 Å². The molecule has 0 heterocycles. The molecule has 5 nitrogen and oxygen atoms in total. The second kappa shape index (κ2) is 7.46. The lowest BCUT2D eigenvalue weighted by atomic mass is 10.1. The van der Waals surface area contributed by atoms with Crippen molar-refractivity contribution in [1.29, 1.82) is 0 Å². The Balaban J connectivity index is 2.34. The van der Waals surface area contributed by atoms with E-state index in [-0.39, 0.29) is 16.1 Å². The Hall–Kier alpha value is -1.77. The first-order valence-corrected chi connectivity index (χ1v) is 10.1. The van der Waals surface area contributed by atoms with Crippen molar-refractivity contribution in [1.82, 2.24) is 4.72 Å². The number of halogens is 2. The van der Waals surface area contributed by atoms with Crippen molar-refractivity contribution in [2.75, 3.05) is 5.32 Å². The van der Waals surface area contributed by atoms with Crippen LogP contribution in [0.5, 0.6) is 0 Å². The Morgan fingerprint density at radius 1 is 1.12 bits per heavy atom. The molecule has 2 aromatic rings. The van der Waals surface area contributed by atoms with E-state index >= 15 is 0 Å². The lowest BCUT2D eigenvalue weighted by molar-refractivity contribution is 0.102. The number of benzene rings is 2. The summed E-state index contributed by atoms with van der Waals surface area (Å²) < 4.78 is 41.5. The zero-order valence-corrected chi connectivity index (χ0v) is 17.3. The summed E-state index contributed by atoms with van der Waals surface area (Å²) >= 11 is 3.25. The van der Waals surface area contributed by atoms with E-state index in [0.717, 1.165) is 0 Å². The molecule has 26 heavy (non-hydrogen) atoms. The van der Waals surface area contributed by atoms with E-state index in [1.54, 1.807) is 39.8 Å². The number of hydrogen-bond acceptors (Lipinski definition) is 3. The first kappa shape index (κ1) is 20.5. The Bertz CT molecular complexity index is 953. The molecule has 0 unspecified atom stereocenters. The maximum atomic E-state index is 13.6. The van der Waals surface area contributed by atoms with Crippen LogP contribution in [-0.4, -0.2) is 19.9 Å². The number of sulfonamides is 1. The normalized spacial score (nSPS) is 12.1. The van der Waals surface area contributed by atoms with Gasteiger partial charge in [-0.2, -0.15) is 0 Å². The van der Waals surface area contributed by atoms with E-state index in [2.05, 4.69) is 26.0 Å². The molecular formula is C18H20BrFN2O3S. The minimum absolute atomic E-state index is 0.0316. The highest BCUT2D eigenvalue weighted by Crippen LogP contribution is 2.23.